The highest BCUT2D eigenvalue weighted by molar-refractivity contribution is 6.05. The number of anilines is 1. The predicted octanol–water partition coefficient (Wildman–Crippen LogP) is 3.72. The fraction of sp³-hybridized carbons (Fsp3) is 0.350. The molecule has 2 rings (SSSR count). The topological polar surface area (TPSA) is 50.8 Å². The monoisotopic (exact) mass is 342 g/mol. The summed E-state index contributed by atoms with van der Waals surface area (Å²) in [6.07, 6.45) is 0. The minimum Gasteiger partial charge on any atom is -0.493 e. The molecule has 0 atom stereocenters. The summed E-state index contributed by atoms with van der Waals surface area (Å²) >= 11 is 0. The third-order valence-electron chi connectivity index (χ3n) is 3.72. The number of hydrogen-bond donors (Lipinski definition) is 1. The van der Waals surface area contributed by atoms with E-state index in [-0.39, 0.29) is 5.91 Å². The van der Waals surface area contributed by atoms with Crippen LogP contribution in [0, 0.1) is 6.92 Å². The molecule has 134 valence electrons. The smallest absolute Gasteiger partial charge is 0.255 e. The first-order valence-corrected chi connectivity index (χ1v) is 8.31. The first-order valence-electron chi connectivity index (χ1n) is 8.31. The van der Waals surface area contributed by atoms with Crippen molar-refractivity contribution in [1.82, 2.24) is 4.90 Å². The number of methoxy groups -OCH3 is 1. The van der Waals surface area contributed by atoms with Gasteiger partial charge in [0.2, 0.25) is 0 Å². The highest BCUT2D eigenvalue weighted by Crippen LogP contribution is 2.28. The molecule has 2 aromatic rings. The van der Waals surface area contributed by atoms with E-state index in [0.717, 1.165) is 23.4 Å². The van der Waals surface area contributed by atoms with Crippen LogP contribution in [0.1, 0.15) is 28.4 Å². The maximum atomic E-state index is 12.7. The summed E-state index contributed by atoms with van der Waals surface area (Å²) in [5, 5.41) is 3.00. The molecule has 0 radical (unpaired) electrons. The van der Waals surface area contributed by atoms with E-state index < -0.39 is 0 Å². The van der Waals surface area contributed by atoms with Crippen LogP contribution >= 0.6 is 0 Å². The van der Waals surface area contributed by atoms with Crippen molar-refractivity contribution in [2.24, 2.45) is 0 Å². The number of rotatable bonds is 7. The normalized spacial score (nSPS) is 10.6. The largest absolute Gasteiger partial charge is 0.493 e. The van der Waals surface area contributed by atoms with Gasteiger partial charge < -0.3 is 19.7 Å². The standard InChI is InChI=1S/C20H26N2O3/c1-6-25-18-10-8-15(12-19(18)24-5)20(23)21-17-9-7-14(2)11-16(17)13-22(3)4/h7-12H,6,13H2,1-5H3,(H,21,23). The molecular formula is C20H26N2O3. The van der Waals surface area contributed by atoms with Crippen molar-refractivity contribution < 1.29 is 14.3 Å². The molecule has 0 saturated carbocycles. The van der Waals surface area contributed by atoms with Crippen LogP contribution in [0.4, 0.5) is 5.69 Å². The van der Waals surface area contributed by atoms with Crippen LogP contribution in [-0.4, -0.2) is 38.6 Å². The Morgan fingerprint density at radius 1 is 1.12 bits per heavy atom. The maximum absolute atomic E-state index is 12.7. The molecule has 0 aliphatic heterocycles. The summed E-state index contributed by atoms with van der Waals surface area (Å²) in [5.41, 5.74) is 3.59. The molecule has 0 spiro atoms. The van der Waals surface area contributed by atoms with Gasteiger partial charge in [-0.2, -0.15) is 0 Å². The predicted molar refractivity (Wildman–Crippen MR) is 101 cm³/mol. The fourth-order valence-corrected chi connectivity index (χ4v) is 2.59. The lowest BCUT2D eigenvalue weighted by molar-refractivity contribution is 0.102. The first kappa shape index (κ1) is 18.8. The molecule has 0 heterocycles. The van der Waals surface area contributed by atoms with Crippen LogP contribution in [0.2, 0.25) is 0 Å². The van der Waals surface area contributed by atoms with Crippen molar-refractivity contribution in [3.63, 3.8) is 0 Å². The summed E-state index contributed by atoms with van der Waals surface area (Å²) in [4.78, 5) is 14.7. The Balaban J connectivity index is 2.25. The minimum atomic E-state index is -0.176. The molecule has 5 nitrogen and oxygen atoms in total. The van der Waals surface area contributed by atoms with E-state index in [9.17, 15) is 4.79 Å². The van der Waals surface area contributed by atoms with Gasteiger partial charge in [-0.15, -0.1) is 0 Å². The molecular weight excluding hydrogens is 316 g/mol. The van der Waals surface area contributed by atoms with Gasteiger partial charge in [0.15, 0.2) is 11.5 Å². The van der Waals surface area contributed by atoms with Gasteiger partial charge >= 0.3 is 0 Å². The van der Waals surface area contributed by atoms with Gasteiger partial charge in [0.25, 0.3) is 5.91 Å². The summed E-state index contributed by atoms with van der Waals surface area (Å²) in [6, 6.07) is 11.2. The molecule has 1 amide bonds. The van der Waals surface area contributed by atoms with Crippen LogP contribution in [0.25, 0.3) is 0 Å². The second-order valence-electron chi connectivity index (χ2n) is 6.15. The van der Waals surface area contributed by atoms with Crippen LogP contribution in [-0.2, 0) is 6.54 Å². The summed E-state index contributed by atoms with van der Waals surface area (Å²) in [7, 11) is 5.57. The molecule has 5 heteroatoms. The third kappa shape index (κ3) is 4.97. The molecule has 2 aromatic carbocycles. The Labute approximate surface area is 149 Å². The van der Waals surface area contributed by atoms with Crippen molar-refractivity contribution in [3.05, 3.63) is 53.1 Å². The van der Waals surface area contributed by atoms with Gasteiger partial charge in [-0.05, 0) is 57.8 Å². The second-order valence-corrected chi connectivity index (χ2v) is 6.15. The van der Waals surface area contributed by atoms with E-state index in [0.29, 0.717) is 23.7 Å². The van der Waals surface area contributed by atoms with Crippen molar-refractivity contribution in [1.29, 1.82) is 0 Å². The van der Waals surface area contributed by atoms with Gasteiger partial charge in [0.05, 0.1) is 13.7 Å². The number of nitrogens with one attached hydrogen (secondary N) is 1. The fourth-order valence-electron chi connectivity index (χ4n) is 2.59. The number of nitrogens with zero attached hydrogens (tertiary/aromatic N) is 1. The van der Waals surface area contributed by atoms with Crippen molar-refractivity contribution in [2.75, 3.05) is 33.1 Å². The number of carbonyl (C=O) groups excluding carboxylic acids is 1. The zero-order chi connectivity index (χ0) is 18.4. The Kier molecular flexibility index (Phi) is 6.42. The van der Waals surface area contributed by atoms with Gasteiger partial charge in [-0.1, -0.05) is 17.7 Å². The number of hydrogen-bond acceptors (Lipinski definition) is 4. The summed E-state index contributed by atoms with van der Waals surface area (Å²) in [5.74, 6) is 1.00. The van der Waals surface area contributed by atoms with Crippen LogP contribution in [0.15, 0.2) is 36.4 Å². The molecule has 1 N–H and O–H groups in total. The molecule has 0 unspecified atom stereocenters. The Morgan fingerprint density at radius 2 is 1.88 bits per heavy atom. The van der Waals surface area contributed by atoms with Gasteiger partial charge in [-0.25, -0.2) is 0 Å². The number of amides is 1. The zero-order valence-corrected chi connectivity index (χ0v) is 15.6. The zero-order valence-electron chi connectivity index (χ0n) is 15.6. The molecule has 0 saturated heterocycles. The SMILES string of the molecule is CCOc1ccc(C(=O)Nc2ccc(C)cc2CN(C)C)cc1OC. The summed E-state index contributed by atoms with van der Waals surface area (Å²) in [6.45, 7) is 5.24. The molecule has 25 heavy (non-hydrogen) atoms. The van der Waals surface area contributed by atoms with E-state index >= 15 is 0 Å². The van der Waals surface area contributed by atoms with E-state index in [1.54, 1.807) is 25.3 Å². The highest BCUT2D eigenvalue weighted by atomic mass is 16.5. The van der Waals surface area contributed by atoms with E-state index in [1.807, 2.05) is 40.1 Å². The van der Waals surface area contributed by atoms with Crippen molar-refractivity contribution in [3.8, 4) is 11.5 Å². The molecule has 0 bridgehead atoms. The Morgan fingerprint density at radius 3 is 2.52 bits per heavy atom. The maximum Gasteiger partial charge on any atom is 0.255 e. The molecule has 0 fully saturated rings. The van der Waals surface area contributed by atoms with Crippen LogP contribution < -0.4 is 14.8 Å². The van der Waals surface area contributed by atoms with Gasteiger partial charge in [0.1, 0.15) is 0 Å². The van der Waals surface area contributed by atoms with E-state index in [1.165, 1.54) is 0 Å². The number of ether oxygens (including phenoxy) is 2. The lowest BCUT2D eigenvalue weighted by Crippen LogP contribution is -2.17. The average molecular weight is 342 g/mol. The lowest BCUT2D eigenvalue weighted by atomic mass is 10.1. The first-order chi connectivity index (χ1) is 11.9. The molecule has 0 aliphatic carbocycles. The summed E-state index contributed by atoms with van der Waals surface area (Å²) < 4.78 is 10.8. The van der Waals surface area contributed by atoms with Crippen LogP contribution in [0.5, 0.6) is 11.5 Å². The minimum absolute atomic E-state index is 0.176. The Hall–Kier alpha value is -2.53. The van der Waals surface area contributed by atoms with Crippen molar-refractivity contribution >= 4 is 11.6 Å². The second kappa shape index (κ2) is 8.53. The quantitative estimate of drug-likeness (QED) is 0.833. The Bertz CT molecular complexity index is 742. The van der Waals surface area contributed by atoms with Crippen LogP contribution in [0.3, 0.4) is 0 Å². The lowest BCUT2D eigenvalue weighted by Gasteiger charge is -2.16. The highest BCUT2D eigenvalue weighted by Gasteiger charge is 2.13. The molecule has 0 aromatic heterocycles. The third-order valence-corrected chi connectivity index (χ3v) is 3.72. The average Bonchev–Trinajstić information content (AvgIpc) is 2.57. The van der Waals surface area contributed by atoms with E-state index in [2.05, 4.69) is 16.3 Å². The van der Waals surface area contributed by atoms with Crippen molar-refractivity contribution in [2.45, 2.75) is 20.4 Å². The van der Waals surface area contributed by atoms with Gasteiger partial charge in [-0.3, -0.25) is 4.79 Å². The molecule has 0 aliphatic rings. The number of benzene rings is 2. The number of carbonyl (C=O) groups is 1. The van der Waals surface area contributed by atoms with Gasteiger partial charge in [0, 0.05) is 17.8 Å². The number of aryl methyl sites for hydroxylation is 1. The van der Waals surface area contributed by atoms with E-state index in [4.69, 9.17) is 9.47 Å².